The van der Waals surface area contributed by atoms with Crippen LogP contribution < -0.4 is 5.63 Å². The lowest BCUT2D eigenvalue weighted by molar-refractivity contribution is 0.0583. The number of ether oxygens (including phenoxy) is 2. The zero-order valence-corrected chi connectivity index (χ0v) is 40.0. The quantitative estimate of drug-likeness (QED) is 0.0669. The highest BCUT2D eigenvalue weighted by Gasteiger charge is 2.16. The minimum absolute atomic E-state index is 0.149. The molecule has 320 valence electrons. The number of carbonyl (C=O) groups is 2. The van der Waals surface area contributed by atoms with Gasteiger partial charge in [0.25, 0.3) is 0 Å². The van der Waals surface area contributed by atoms with E-state index in [1.165, 1.54) is 61.9 Å². The first kappa shape index (κ1) is 50.2. The van der Waals surface area contributed by atoms with Crippen molar-refractivity contribution in [1.29, 1.82) is 0 Å². The van der Waals surface area contributed by atoms with Crippen LogP contribution in [0.4, 0.5) is 0 Å². The van der Waals surface area contributed by atoms with E-state index in [0.717, 1.165) is 5.56 Å². The van der Waals surface area contributed by atoms with Crippen molar-refractivity contribution >= 4 is 109 Å². The fourth-order valence-corrected chi connectivity index (χ4v) is 6.60. The Bertz CT molecular complexity index is 2910. The van der Waals surface area contributed by atoms with Crippen LogP contribution in [0.3, 0.4) is 0 Å². The summed E-state index contributed by atoms with van der Waals surface area (Å²) in [4.78, 5) is 59.5. The topological polar surface area (TPSA) is 160 Å². The zero-order valence-electron chi connectivity index (χ0n) is 33.7. The second-order valence-electron chi connectivity index (χ2n) is 11.5. The van der Waals surface area contributed by atoms with Gasteiger partial charge in [-0.3, -0.25) is 0 Å². The number of fused-ring (bicyclic) bond motifs is 1. The number of hydrogen-bond acceptors (Lipinski definition) is 15. The van der Waals surface area contributed by atoms with Crippen LogP contribution in [0, 0.1) is 24.2 Å². The van der Waals surface area contributed by atoms with Crippen LogP contribution in [0.15, 0.2) is 127 Å². The summed E-state index contributed by atoms with van der Waals surface area (Å²) in [6.45, 7) is 0. The van der Waals surface area contributed by atoms with E-state index in [1.54, 1.807) is 42.6 Å². The van der Waals surface area contributed by atoms with Gasteiger partial charge in [0.2, 0.25) is 0 Å². The number of aromatic nitrogens is 6. The van der Waals surface area contributed by atoms with Gasteiger partial charge in [-0.2, -0.15) is 0 Å². The highest BCUT2D eigenvalue weighted by Crippen LogP contribution is 2.28. The summed E-state index contributed by atoms with van der Waals surface area (Å²) < 4.78 is 15.1. The summed E-state index contributed by atoms with van der Waals surface area (Å²) in [7, 11) is 2.62. The molecule has 7 rings (SSSR count). The summed E-state index contributed by atoms with van der Waals surface area (Å²) in [5, 5.41) is 3.91. The van der Waals surface area contributed by atoms with Crippen molar-refractivity contribution in [3.8, 4) is 35.5 Å². The van der Waals surface area contributed by atoms with E-state index in [1.807, 2.05) is 61.2 Å². The maximum absolute atomic E-state index is 12.0. The SMILES string of the molecule is C#Cc1ccccc1Cl.COC(=O)c1nc(SC)ncc1Br.COC(=O)c1nc(SC)ncc1C#Cc1ccccc1Cl.CSc1ncc2cc(-c3ccccc3Cl)oc(=O)c2n1. The monoisotopic (exact) mass is 1020 g/mol. The van der Waals surface area contributed by atoms with Gasteiger partial charge in [-0.25, -0.2) is 44.3 Å². The number of methoxy groups -OCH3 is 2. The second-order valence-corrected chi connectivity index (χ2v) is 15.9. The van der Waals surface area contributed by atoms with E-state index in [4.69, 9.17) is 50.4 Å². The van der Waals surface area contributed by atoms with E-state index >= 15 is 0 Å². The van der Waals surface area contributed by atoms with E-state index in [9.17, 15) is 14.4 Å². The molecule has 0 atom stereocenters. The fraction of sp³-hybridized carbons (Fsp3) is 0.114. The lowest BCUT2D eigenvalue weighted by Gasteiger charge is -2.04. The van der Waals surface area contributed by atoms with Gasteiger partial charge in [-0.05, 0) is 77.2 Å². The normalized spacial score (nSPS) is 9.90. The van der Waals surface area contributed by atoms with Crippen LogP contribution in [-0.2, 0) is 9.47 Å². The van der Waals surface area contributed by atoms with E-state index in [0.29, 0.717) is 62.8 Å². The predicted octanol–water partition coefficient (Wildman–Crippen LogP) is 10.7. The van der Waals surface area contributed by atoms with Crippen LogP contribution in [-0.4, -0.2) is 74.8 Å². The Morgan fingerprint density at radius 3 is 1.71 bits per heavy atom. The standard InChI is InChI=1S/C15H11ClN2O2S.C14H9ClN2O2S.C8H5Cl.C7H7BrN2O2S/c1-20-14(19)13-11(9-17-15(18-13)21-2)8-7-10-5-3-4-6-12(10)16;1-20-14-16-7-8-6-11(19-13(18)12(8)17-14)9-4-2-3-5-10(9)15;1-2-7-5-3-4-6-8(7)9;1-12-6(11)5-4(8)3-9-7(10-5)13-2/h3-6,9H,1-2H3;2-7H,1H3;1,3-6H;3H,1-2H3. The summed E-state index contributed by atoms with van der Waals surface area (Å²) in [6.07, 6.45) is 15.3. The van der Waals surface area contributed by atoms with Crippen LogP contribution in [0.5, 0.6) is 0 Å². The third-order valence-electron chi connectivity index (χ3n) is 7.65. The summed E-state index contributed by atoms with van der Waals surface area (Å²) >= 11 is 25.1. The predicted molar refractivity (Wildman–Crippen MR) is 255 cm³/mol. The summed E-state index contributed by atoms with van der Waals surface area (Å²) in [5.74, 6) is 7.64. The highest BCUT2D eigenvalue weighted by molar-refractivity contribution is 9.10. The summed E-state index contributed by atoms with van der Waals surface area (Å²) in [5.41, 5.74) is 2.68. The largest absolute Gasteiger partial charge is 0.464 e. The van der Waals surface area contributed by atoms with Gasteiger partial charge in [-0.1, -0.05) is 124 Å². The molecule has 0 saturated carbocycles. The maximum Gasteiger partial charge on any atom is 0.363 e. The van der Waals surface area contributed by atoms with Crippen molar-refractivity contribution in [3.63, 3.8) is 0 Å². The van der Waals surface area contributed by atoms with E-state index in [2.05, 4.69) is 68.3 Å². The molecule has 12 nitrogen and oxygen atoms in total. The van der Waals surface area contributed by atoms with Gasteiger partial charge < -0.3 is 13.9 Å². The van der Waals surface area contributed by atoms with E-state index in [-0.39, 0.29) is 16.9 Å². The molecule has 7 aromatic rings. The van der Waals surface area contributed by atoms with Crippen LogP contribution in [0.25, 0.3) is 22.2 Å². The molecular formula is C44H32BrCl3N6O6S3. The molecule has 0 amide bonds. The van der Waals surface area contributed by atoms with Crippen molar-refractivity contribution in [3.05, 3.63) is 155 Å². The first-order valence-corrected chi connectivity index (χ1v) is 23.2. The van der Waals surface area contributed by atoms with Gasteiger partial charge in [0, 0.05) is 40.7 Å². The number of esters is 2. The van der Waals surface area contributed by atoms with Gasteiger partial charge >= 0.3 is 17.6 Å². The number of carbonyl (C=O) groups excluding carboxylic acids is 2. The van der Waals surface area contributed by atoms with Crippen molar-refractivity contribution in [2.24, 2.45) is 0 Å². The average molecular weight is 1020 g/mol. The molecule has 63 heavy (non-hydrogen) atoms. The number of thioether (sulfide) groups is 3. The van der Waals surface area contributed by atoms with Gasteiger partial charge in [0.15, 0.2) is 32.4 Å². The molecule has 0 aliphatic carbocycles. The molecule has 4 heterocycles. The smallest absolute Gasteiger partial charge is 0.363 e. The van der Waals surface area contributed by atoms with Crippen LogP contribution in [0.1, 0.15) is 37.7 Å². The molecule has 19 heteroatoms. The fourth-order valence-electron chi connectivity index (χ4n) is 4.63. The molecule has 0 aliphatic heterocycles. The third kappa shape index (κ3) is 14.6. The molecule has 0 spiro atoms. The Morgan fingerprint density at radius 2 is 1.16 bits per heavy atom. The third-order valence-corrected chi connectivity index (χ3v) is 10.9. The lowest BCUT2D eigenvalue weighted by atomic mass is 10.1. The number of rotatable bonds is 6. The highest BCUT2D eigenvalue weighted by atomic mass is 79.9. The maximum atomic E-state index is 12.0. The Labute approximate surface area is 398 Å². The van der Waals surface area contributed by atoms with Gasteiger partial charge in [0.05, 0.1) is 39.3 Å². The Hall–Kier alpha value is -5.43. The lowest BCUT2D eigenvalue weighted by Crippen LogP contribution is -2.08. The van der Waals surface area contributed by atoms with Crippen LogP contribution in [0.2, 0.25) is 15.1 Å². The molecule has 3 aromatic carbocycles. The molecule has 4 aromatic heterocycles. The molecule has 0 fully saturated rings. The first-order valence-electron chi connectivity index (χ1n) is 17.6. The average Bonchev–Trinajstić information content (AvgIpc) is 3.31. The Kier molecular flexibility index (Phi) is 20.4. The zero-order chi connectivity index (χ0) is 45.9. The van der Waals surface area contributed by atoms with Crippen molar-refractivity contribution < 1.29 is 23.5 Å². The number of nitrogens with zero attached hydrogens (tertiary/aromatic N) is 6. The number of benzene rings is 3. The Balaban J connectivity index is 0.000000193. The first-order chi connectivity index (χ1) is 30.4. The van der Waals surface area contributed by atoms with Crippen molar-refractivity contribution in [2.45, 2.75) is 15.5 Å². The van der Waals surface area contributed by atoms with Crippen LogP contribution >= 0.6 is 86.0 Å². The molecule has 0 saturated heterocycles. The van der Waals surface area contributed by atoms with Gasteiger partial charge in [-0.15, -0.1) is 6.42 Å². The van der Waals surface area contributed by atoms with Crippen molar-refractivity contribution in [2.75, 3.05) is 33.0 Å². The van der Waals surface area contributed by atoms with E-state index < -0.39 is 17.6 Å². The van der Waals surface area contributed by atoms with Crippen molar-refractivity contribution in [1.82, 2.24) is 29.9 Å². The van der Waals surface area contributed by atoms with Gasteiger partial charge in [0.1, 0.15) is 5.76 Å². The summed E-state index contributed by atoms with van der Waals surface area (Å²) in [6, 6.07) is 23.4. The molecule has 0 aliphatic rings. The minimum atomic E-state index is -0.545. The second kappa shape index (κ2) is 25.6. The Morgan fingerprint density at radius 1 is 0.667 bits per heavy atom. The minimum Gasteiger partial charge on any atom is -0.464 e. The number of terminal acetylenes is 1. The molecular weight excluding hydrogens is 991 g/mol. The molecule has 0 radical (unpaired) electrons. The molecule has 0 bridgehead atoms. The number of halogens is 4. The molecule has 0 N–H and O–H groups in total. The molecule has 0 unspecified atom stereocenters. The number of hydrogen-bond donors (Lipinski definition) is 0.